The molecule has 20 heavy (non-hydrogen) atoms. The summed E-state index contributed by atoms with van der Waals surface area (Å²) in [6.45, 7) is 2.67. The van der Waals surface area contributed by atoms with Gasteiger partial charge in [-0.25, -0.2) is 9.97 Å². The van der Waals surface area contributed by atoms with Crippen LogP contribution in [0.4, 0.5) is 5.69 Å². The maximum atomic E-state index is 12.6. The molecule has 0 unspecified atom stereocenters. The summed E-state index contributed by atoms with van der Waals surface area (Å²) in [4.78, 5) is 22.7. The molecule has 0 radical (unpaired) electrons. The Morgan fingerprint density at radius 1 is 1.25 bits per heavy atom. The minimum Gasteiger partial charge on any atom is -0.311 e. The lowest BCUT2D eigenvalue weighted by atomic mass is 10.2. The van der Waals surface area contributed by atoms with Gasteiger partial charge in [0.2, 0.25) is 5.91 Å². The fourth-order valence-electron chi connectivity index (χ4n) is 2.34. The quantitative estimate of drug-likeness (QED) is 0.642. The number of rotatable bonds is 3. The second-order valence-electron chi connectivity index (χ2n) is 4.66. The Hall–Kier alpha value is -1.88. The number of nitrogens with zero attached hydrogens (tertiary/aromatic N) is 3. The summed E-state index contributed by atoms with van der Waals surface area (Å²) in [5, 5.41) is 0.449. The maximum Gasteiger partial charge on any atom is 0.240 e. The number of hydrogen-bond donors (Lipinski definition) is 0. The zero-order chi connectivity index (χ0) is 13.9. The predicted molar refractivity (Wildman–Crippen MR) is 79.9 cm³/mol. The van der Waals surface area contributed by atoms with Crippen LogP contribution in [0.15, 0.2) is 47.9 Å². The van der Waals surface area contributed by atoms with Crippen LogP contribution in [0, 0.1) is 0 Å². The molecule has 1 aliphatic heterocycles. The number of para-hydroxylation sites is 1. The van der Waals surface area contributed by atoms with Crippen LogP contribution in [-0.4, -0.2) is 27.7 Å². The molecule has 3 rings (SSSR count). The summed E-state index contributed by atoms with van der Waals surface area (Å²) in [7, 11) is 0. The second-order valence-corrected chi connectivity index (χ2v) is 5.97. The highest BCUT2D eigenvalue weighted by Gasteiger charge is 2.28. The Labute approximate surface area is 122 Å². The first-order valence-electron chi connectivity index (χ1n) is 6.58. The van der Waals surface area contributed by atoms with E-state index in [1.807, 2.05) is 30.0 Å². The average Bonchev–Trinajstić information content (AvgIpc) is 2.91. The monoisotopic (exact) mass is 285 g/mol. The van der Waals surface area contributed by atoms with Crippen LogP contribution in [0.5, 0.6) is 0 Å². The number of aromatic nitrogens is 2. The van der Waals surface area contributed by atoms with E-state index in [4.69, 9.17) is 0 Å². The van der Waals surface area contributed by atoms with E-state index in [0.29, 0.717) is 5.16 Å². The molecular weight excluding hydrogens is 270 g/mol. The lowest BCUT2D eigenvalue weighted by Crippen LogP contribution is -2.35. The van der Waals surface area contributed by atoms with Crippen molar-refractivity contribution in [3.63, 3.8) is 0 Å². The molecule has 1 atom stereocenters. The van der Waals surface area contributed by atoms with Crippen LogP contribution >= 0.6 is 11.8 Å². The Kier molecular flexibility index (Phi) is 3.69. The van der Waals surface area contributed by atoms with Gasteiger partial charge >= 0.3 is 0 Å². The van der Waals surface area contributed by atoms with Gasteiger partial charge in [0.05, 0.1) is 5.25 Å². The van der Waals surface area contributed by atoms with Crippen LogP contribution < -0.4 is 4.90 Å². The van der Waals surface area contributed by atoms with E-state index < -0.39 is 0 Å². The zero-order valence-corrected chi connectivity index (χ0v) is 12.0. The number of hydrogen-bond acceptors (Lipinski definition) is 4. The van der Waals surface area contributed by atoms with Gasteiger partial charge in [-0.1, -0.05) is 30.0 Å². The van der Waals surface area contributed by atoms with Crippen molar-refractivity contribution in [2.75, 3.05) is 11.4 Å². The molecule has 2 heterocycles. The van der Waals surface area contributed by atoms with Crippen LogP contribution in [-0.2, 0) is 11.2 Å². The number of thioether (sulfide) groups is 1. The van der Waals surface area contributed by atoms with E-state index in [9.17, 15) is 4.79 Å². The van der Waals surface area contributed by atoms with Gasteiger partial charge in [-0.05, 0) is 31.0 Å². The van der Waals surface area contributed by atoms with E-state index in [-0.39, 0.29) is 11.2 Å². The molecule has 1 aromatic heterocycles. The number of benzene rings is 1. The predicted octanol–water partition coefficient (Wildman–Crippen LogP) is 2.55. The van der Waals surface area contributed by atoms with Crippen molar-refractivity contribution in [3.8, 4) is 0 Å². The molecule has 1 aliphatic rings. The van der Waals surface area contributed by atoms with Gasteiger partial charge < -0.3 is 4.90 Å². The zero-order valence-electron chi connectivity index (χ0n) is 11.2. The van der Waals surface area contributed by atoms with Crippen molar-refractivity contribution in [2.45, 2.75) is 23.8 Å². The molecular formula is C15H15N3OS. The van der Waals surface area contributed by atoms with Crippen molar-refractivity contribution >= 4 is 23.4 Å². The van der Waals surface area contributed by atoms with Crippen molar-refractivity contribution in [1.82, 2.24) is 9.97 Å². The van der Waals surface area contributed by atoms with E-state index in [1.165, 1.54) is 17.3 Å². The van der Waals surface area contributed by atoms with Crippen molar-refractivity contribution < 1.29 is 4.79 Å². The summed E-state index contributed by atoms with van der Waals surface area (Å²) in [5.74, 6) is 0.118. The Morgan fingerprint density at radius 2 is 2.00 bits per heavy atom. The van der Waals surface area contributed by atoms with Crippen LogP contribution in [0.25, 0.3) is 0 Å². The molecule has 0 bridgehead atoms. The minimum atomic E-state index is -0.191. The summed E-state index contributed by atoms with van der Waals surface area (Å²) < 4.78 is 0. The Morgan fingerprint density at radius 3 is 2.80 bits per heavy atom. The molecule has 0 aliphatic carbocycles. The van der Waals surface area contributed by atoms with Crippen molar-refractivity contribution in [3.05, 3.63) is 48.3 Å². The highest BCUT2D eigenvalue weighted by molar-refractivity contribution is 8.00. The molecule has 0 spiro atoms. The van der Waals surface area contributed by atoms with Gasteiger partial charge in [-0.15, -0.1) is 0 Å². The fraction of sp³-hybridized carbons (Fsp3) is 0.267. The van der Waals surface area contributed by atoms with Crippen molar-refractivity contribution in [2.24, 2.45) is 0 Å². The topological polar surface area (TPSA) is 46.1 Å². The number of carbonyl (C=O) groups excluding carboxylic acids is 1. The molecule has 5 heteroatoms. The van der Waals surface area contributed by atoms with E-state index in [1.54, 1.807) is 18.5 Å². The van der Waals surface area contributed by atoms with Gasteiger partial charge in [-0.2, -0.15) is 0 Å². The lowest BCUT2D eigenvalue weighted by Gasteiger charge is -2.20. The molecule has 0 fully saturated rings. The lowest BCUT2D eigenvalue weighted by molar-refractivity contribution is -0.117. The fourth-order valence-corrected chi connectivity index (χ4v) is 3.13. The third kappa shape index (κ3) is 2.54. The minimum absolute atomic E-state index is 0.118. The van der Waals surface area contributed by atoms with Crippen LogP contribution in [0.1, 0.15) is 12.5 Å². The number of amides is 1. The van der Waals surface area contributed by atoms with Crippen LogP contribution in [0.3, 0.4) is 0 Å². The van der Waals surface area contributed by atoms with E-state index in [0.717, 1.165) is 18.7 Å². The van der Waals surface area contributed by atoms with E-state index >= 15 is 0 Å². The normalized spacial score (nSPS) is 14.9. The van der Waals surface area contributed by atoms with Crippen LogP contribution in [0.2, 0.25) is 0 Å². The summed E-state index contributed by atoms with van der Waals surface area (Å²) in [6.07, 6.45) is 4.32. The molecule has 1 aromatic carbocycles. The summed E-state index contributed by atoms with van der Waals surface area (Å²) >= 11 is 1.40. The molecule has 102 valence electrons. The Balaban J connectivity index is 1.74. The summed E-state index contributed by atoms with van der Waals surface area (Å²) in [5.41, 5.74) is 2.29. The molecule has 0 N–H and O–H groups in total. The second kappa shape index (κ2) is 5.63. The van der Waals surface area contributed by atoms with Gasteiger partial charge in [0.15, 0.2) is 5.16 Å². The highest BCUT2D eigenvalue weighted by atomic mass is 32.2. The van der Waals surface area contributed by atoms with Gasteiger partial charge in [0.25, 0.3) is 0 Å². The Bertz CT molecular complexity index is 618. The number of fused-ring (bicyclic) bond motifs is 1. The molecule has 0 saturated heterocycles. The van der Waals surface area contributed by atoms with Crippen molar-refractivity contribution in [1.29, 1.82) is 0 Å². The third-order valence-corrected chi connectivity index (χ3v) is 4.30. The molecule has 0 saturated carbocycles. The SMILES string of the molecule is C[C@@H](Sc1ncccn1)C(=O)N1CCc2ccccc21. The first-order valence-corrected chi connectivity index (χ1v) is 7.46. The van der Waals surface area contributed by atoms with E-state index in [2.05, 4.69) is 16.0 Å². The van der Waals surface area contributed by atoms with Gasteiger partial charge in [0, 0.05) is 24.6 Å². The molecule has 4 nitrogen and oxygen atoms in total. The standard InChI is InChI=1S/C15H15N3OS/c1-11(20-15-16-8-4-9-17-15)14(19)18-10-7-12-5-2-3-6-13(12)18/h2-6,8-9,11H,7,10H2,1H3/t11-/m1/s1. The van der Waals surface area contributed by atoms with Gasteiger partial charge in [-0.3, -0.25) is 4.79 Å². The number of anilines is 1. The molecule has 2 aromatic rings. The third-order valence-electron chi connectivity index (χ3n) is 3.33. The molecule has 1 amide bonds. The first kappa shape index (κ1) is 13.1. The first-order chi connectivity index (χ1) is 9.75. The van der Waals surface area contributed by atoms with Gasteiger partial charge in [0.1, 0.15) is 0 Å². The average molecular weight is 285 g/mol. The largest absolute Gasteiger partial charge is 0.311 e. The smallest absolute Gasteiger partial charge is 0.240 e. The maximum absolute atomic E-state index is 12.6. The highest BCUT2D eigenvalue weighted by Crippen LogP contribution is 2.30. The number of carbonyl (C=O) groups is 1. The summed E-state index contributed by atoms with van der Waals surface area (Å²) in [6, 6.07) is 9.86.